The van der Waals surface area contributed by atoms with Crippen LogP contribution in [0.15, 0.2) is 23.8 Å². The fourth-order valence-corrected chi connectivity index (χ4v) is 3.03. The Hall–Kier alpha value is -1.19. The first-order chi connectivity index (χ1) is 9.13. The third kappa shape index (κ3) is 3.23. The molecule has 1 heterocycles. The van der Waals surface area contributed by atoms with E-state index in [1.165, 1.54) is 27.1 Å². The molecular formula is C16H22N2S. The first kappa shape index (κ1) is 14.2. The van der Waals surface area contributed by atoms with Gasteiger partial charge in [0.15, 0.2) is 0 Å². The highest BCUT2D eigenvalue weighted by Gasteiger charge is 2.17. The van der Waals surface area contributed by atoms with E-state index in [2.05, 4.69) is 50.1 Å². The Kier molecular flexibility index (Phi) is 4.72. The van der Waals surface area contributed by atoms with Crippen molar-refractivity contribution in [3.63, 3.8) is 0 Å². The van der Waals surface area contributed by atoms with E-state index in [1.807, 2.05) is 11.7 Å². The molecule has 0 radical (unpaired) electrons. The average molecular weight is 274 g/mol. The topological polar surface area (TPSA) is 24.9 Å². The van der Waals surface area contributed by atoms with Gasteiger partial charge in [0.2, 0.25) is 0 Å². The quantitative estimate of drug-likeness (QED) is 0.885. The van der Waals surface area contributed by atoms with Gasteiger partial charge in [-0.1, -0.05) is 19.1 Å². The lowest BCUT2D eigenvalue weighted by atomic mass is 9.95. The zero-order chi connectivity index (χ0) is 13.8. The fourth-order valence-electron chi connectivity index (χ4n) is 2.31. The van der Waals surface area contributed by atoms with Gasteiger partial charge in [0, 0.05) is 11.1 Å². The van der Waals surface area contributed by atoms with Crippen LogP contribution in [0.1, 0.15) is 46.5 Å². The largest absolute Gasteiger partial charge is 0.306 e. The molecule has 2 aromatic rings. The number of nitrogens with one attached hydrogen (secondary N) is 1. The summed E-state index contributed by atoms with van der Waals surface area (Å²) in [5, 5.41) is 3.65. The first-order valence-corrected chi connectivity index (χ1v) is 7.71. The van der Waals surface area contributed by atoms with Crippen molar-refractivity contribution in [2.45, 2.75) is 40.2 Å². The standard InChI is InChI=1S/C16H22N2S/c1-5-6-18-16(15-9-17-10-19-15)14-8-12(3)11(2)7-13(14)4/h7-10,16,18H,5-6H2,1-4H3. The number of aryl methyl sites for hydroxylation is 3. The number of aromatic nitrogens is 1. The van der Waals surface area contributed by atoms with Crippen LogP contribution < -0.4 is 5.32 Å². The Balaban J connectivity index is 2.40. The van der Waals surface area contributed by atoms with Gasteiger partial charge >= 0.3 is 0 Å². The molecule has 0 bridgehead atoms. The summed E-state index contributed by atoms with van der Waals surface area (Å²) < 4.78 is 0. The molecule has 0 saturated carbocycles. The maximum absolute atomic E-state index is 4.22. The van der Waals surface area contributed by atoms with Gasteiger partial charge in [0.1, 0.15) is 0 Å². The molecule has 0 aliphatic rings. The molecule has 0 amide bonds. The summed E-state index contributed by atoms with van der Waals surface area (Å²) in [4.78, 5) is 5.52. The third-order valence-electron chi connectivity index (χ3n) is 3.53. The number of hydrogen-bond acceptors (Lipinski definition) is 3. The van der Waals surface area contributed by atoms with E-state index in [-0.39, 0.29) is 6.04 Å². The van der Waals surface area contributed by atoms with E-state index < -0.39 is 0 Å². The van der Waals surface area contributed by atoms with Crippen LogP contribution in [0.25, 0.3) is 0 Å². The lowest BCUT2D eigenvalue weighted by Gasteiger charge is -2.21. The molecule has 1 unspecified atom stereocenters. The highest BCUT2D eigenvalue weighted by atomic mass is 32.1. The minimum Gasteiger partial charge on any atom is -0.306 e. The summed E-state index contributed by atoms with van der Waals surface area (Å²) in [6, 6.07) is 4.87. The number of rotatable bonds is 5. The molecular weight excluding hydrogens is 252 g/mol. The SMILES string of the molecule is CCCNC(c1cncs1)c1cc(C)c(C)cc1C. The van der Waals surface area contributed by atoms with Crippen molar-refractivity contribution in [2.75, 3.05) is 6.54 Å². The van der Waals surface area contributed by atoms with Crippen molar-refractivity contribution >= 4 is 11.3 Å². The average Bonchev–Trinajstić information content (AvgIpc) is 2.89. The van der Waals surface area contributed by atoms with Gasteiger partial charge in [0.05, 0.1) is 11.6 Å². The summed E-state index contributed by atoms with van der Waals surface area (Å²) in [7, 11) is 0. The lowest BCUT2D eigenvalue weighted by Crippen LogP contribution is -2.23. The molecule has 102 valence electrons. The van der Waals surface area contributed by atoms with Gasteiger partial charge in [-0.3, -0.25) is 4.98 Å². The van der Waals surface area contributed by atoms with E-state index in [0.717, 1.165) is 13.0 Å². The van der Waals surface area contributed by atoms with Crippen LogP contribution in [0.5, 0.6) is 0 Å². The van der Waals surface area contributed by atoms with Crippen molar-refractivity contribution < 1.29 is 0 Å². The molecule has 0 saturated heterocycles. The van der Waals surface area contributed by atoms with Gasteiger partial charge in [-0.2, -0.15) is 0 Å². The molecule has 0 aliphatic heterocycles. The van der Waals surface area contributed by atoms with Crippen LogP contribution in [0.4, 0.5) is 0 Å². The second-order valence-electron chi connectivity index (χ2n) is 5.08. The highest BCUT2D eigenvalue weighted by Crippen LogP contribution is 2.29. The monoisotopic (exact) mass is 274 g/mol. The van der Waals surface area contributed by atoms with Gasteiger partial charge in [-0.15, -0.1) is 11.3 Å². The van der Waals surface area contributed by atoms with Gasteiger partial charge in [-0.05, 0) is 56.0 Å². The van der Waals surface area contributed by atoms with Crippen LogP contribution in [-0.4, -0.2) is 11.5 Å². The molecule has 0 fully saturated rings. The second-order valence-corrected chi connectivity index (χ2v) is 6.00. The Morgan fingerprint density at radius 3 is 2.53 bits per heavy atom. The Labute approximate surface area is 119 Å². The van der Waals surface area contributed by atoms with Crippen molar-refractivity contribution in [1.82, 2.24) is 10.3 Å². The maximum atomic E-state index is 4.22. The lowest BCUT2D eigenvalue weighted by molar-refractivity contribution is 0.602. The van der Waals surface area contributed by atoms with E-state index in [1.54, 1.807) is 11.3 Å². The molecule has 2 nitrogen and oxygen atoms in total. The van der Waals surface area contributed by atoms with E-state index in [0.29, 0.717) is 0 Å². The van der Waals surface area contributed by atoms with E-state index >= 15 is 0 Å². The number of benzene rings is 1. The molecule has 1 aromatic carbocycles. The Morgan fingerprint density at radius 2 is 1.89 bits per heavy atom. The summed E-state index contributed by atoms with van der Waals surface area (Å²) in [5.74, 6) is 0. The number of thiazole rings is 1. The van der Waals surface area contributed by atoms with Crippen LogP contribution in [0, 0.1) is 20.8 Å². The summed E-state index contributed by atoms with van der Waals surface area (Å²) in [6.45, 7) is 9.78. The van der Waals surface area contributed by atoms with Crippen LogP contribution in [0.3, 0.4) is 0 Å². The van der Waals surface area contributed by atoms with Crippen molar-refractivity contribution in [3.8, 4) is 0 Å². The van der Waals surface area contributed by atoms with Crippen LogP contribution in [0.2, 0.25) is 0 Å². The van der Waals surface area contributed by atoms with Crippen LogP contribution in [-0.2, 0) is 0 Å². The van der Waals surface area contributed by atoms with Crippen molar-refractivity contribution in [2.24, 2.45) is 0 Å². The zero-order valence-electron chi connectivity index (χ0n) is 12.2. The molecule has 0 spiro atoms. The van der Waals surface area contributed by atoms with Crippen molar-refractivity contribution in [1.29, 1.82) is 0 Å². The second kappa shape index (κ2) is 6.31. The first-order valence-electron chi connectivity index (χ1n) is 6.83. The van der Waals surface area contributed by atoms with Crippen LogP contribution >= 0.6 is 11.3 Å². The molecule has 0 aliphatic carbocycles. The minimum absolute atomic E-state index is 0.270. The Bertz CT molecular complexity index is 532. The molecule has 1 aromatic heterocycles. The van der Waals surface area contributed by atoms with Gasteiger partial charge in [-0.25, -0.2) is 0 Å². The van der Waals surface area contributed by atoms with Gasteiger partial charge < -0.3 is 5.32 Å². The smallest absolute Gasteiger partial charge is 0.0794 e. The summed E-state index contributed by atoms with van der Waals surface area (Å²) >= 11 is 1.72. The molecule has 2 rings (SSSR count). The Morgan fingerprint density at radius 1 is 1.16 bits per heavy atom. The van der Waals surface area contributed by atoms with E-state index in [4.69, 9.17) is 0 Å². The third-order valence-corrected chi connectivity index (χ3v) is 4.37. The van der Waals surface area contributed by atoms with Gasteiger partial charge in [0.25, 0.3) is 0 Å². The summed E-state index contributed by atoms with van der Waals surface area (Å²) in [6.07, 6.45) is 3.12. The zero-order valence-corrected chi connectivity index (χ0v) is 13.0. The normalized spacial score (nSPS) is 12.6. The molecule has 1 atom stereocenters. The predicted molar refractivity (Wildman–Crippen MR) is 82.9 cm³/mol. The number of hydrogen-bond donors (Lipinski definition) is 1. The molecule has 3 heteroatoms. The molecule has 1 N–H and O–H groups in total. The highest BCUT2D eigenvalue weighted by molar-refractivity contribution is 7.09. The maximum Gasteiger partial charge on any atom is 0.0794 e. The fraction of sp³-hybridized carbons (Fsp3) is 0.438. The van der Waals surface area contributed by atoms with Crippen molar-refractivity contribution in [3.05, 3.63) is 51.0 Å². The molecule has 19 heavy (non-hydrogen) atoms. The number of nitrogens with zero attached hydrogens (tertiary/aromatic N) is 1. The predicted octanol–water partition coefficient (Wildman–Crippen LogP) is 4.16. The van der Waals surface area contributed by atoms with E-state index in [9.17, 15) is 0 Å². The minimum atomic E-state index is 0.270. The summed E-state index contributed by atoms with van der Waals surface area (Å²) in [5.41, 5.74) is 7.35.